The highest BCUT2D eigenvalue weighted by atomic mass is 16.1. The molecule has 0 radical (unpaired) electrons. The van der Waals surface area contributed by atoms with E-state index in [-0.39, 0.29) is 11.9 Å². The SMILES string of the molecule is CC(Cn1cccn1)NCC(=O)NC1CCCCC1. The highest BCUT2D eigenvalue weighted by Gasteiger charge is 2.15. The molecule has 2 rings (SSSR count). The highest BCUT2D eigenvalue weighted by molar-refractivity contribution is 5.78. The number of carbonyl (C=O) groups is 1. The van der Waals surface area contributed by atoms with Crippen LogP contribution in [0.1, 0.15) is 39.0 Å². The predicted molar refractivity (Wildman–Crippen MR) is 74.7 cm³/mol. The molecule has 1 atom stereocenters. The smallest absolute Gasteiger partial charge is 0.234 e. The summed E-state index contributed by atoms with van der Waals surface area (Å²) in [5.41, 5.74) is 0. The van der Waals surface area contributed by atoms with Gasteiger partial charge in [0.1, 0.15) is 0 Å². The maximum Gasteiger partial charge on any atom is 0.234 e. The quantitative estimate of drug-likeness (QED) is 0.814. The number of hydrogen-bond acceptors (Lipinski definition) is 3. The average molecular weight is 264 g/mol. The molecule has 1 heterocycles. The normalized spacial score (nSPS) is 18.2. The molecule has 106 valence electrons. The first-order valence-electron chi connectivity index (χ1n) is 7.24. The van der Waals surface area contributed by atoms with Crippen LogP contribution in [-0.2, 0) is 11.3 Å². The van der Waals surface area contributed by atoms with Crippen LogP contribution in [0.5, 0.6) is 0 Å². The standard InChI is InChI=1S/C14H24N4O/c1-12(11-18-9-5-8-16-18)15-10-14(19)17-13-6-3-2-4-7-13/h5,8-9,12-13,15H,2-4,6-7,10-11H2,1H3,(H,17,19). The first-order valence-corrected chi connectivity index (χ1v) is 7.24. The third-order valence-electron chi connectivity index (χ3n) is 3.60. The Morgan fingerprint density at radius 3 is 2.89 bits per heavy atom. The molecule has 5 heteroatoms. The number of nitrogens with one attached hydrogen (secondary N) is 2. The van der Waals surface area contributed by atoms with Gasteiger partial charge in [-0.15, -0.1) is 0 Å². The van der Waals surface area contributed by atoms with Crippen molar-refractivity contribution in [2.24, 2.45) is 0 Å². The second-order valence-electron chi connectivity index (χ2n) is 5.41. The number of nitrogens with zero attached hydrogens (tertiary/aromatic N) is 2. The number of rotatable bonds is 6. The van der Waals surface area contributed by atoms with Gasteiger partial charge in [0.2, 0.25) is 5.91 Å². The minimum atomic E-state index is 0.110. The first kappa shape index (κ1) is 14.1. The van der Waals surface area contributed by atoms with E-state index in [0.29, 0.717) is 12.6 Å². The largest absolute Gasteiger partial charge is 0.352 e. The van der Waals surface area contributed by atoms with Gasteiger partial charge in [0, 0.05) is 24.5 Å². The Balaban J connectivity index is 1.62. The Bertz CT molecular complexity index is 371. The van der Waals surface area contributed by atoms with Crippen LogP contribution in [0.4, 0.5) is 0 Å². The summed E-state index contributed by atoms with van der Waals surface area (Å²) in [7, 11) is 0. The van der Waals surface area contributed by atoms with Gasteiger partial charge in [0.05, 0.1) is 13.1 Å². The molecule has 1 saturated carbocycles. The lowest BCUT2D eigenvalue weighted by atomic mass is 9.95. The highest BCUT2D eigenvalue weighted by Crippen LogP contribution is 2.17. The Kier molecular flexibility index (Phi) is 5.39. The fraction of sp³-hybridized carbons (Fsp3) is 0.714. The van der Waals surface area contributed by atoms with Crippen LogP contribution in [0, 0.1) is 0 Å². The second-order valence-corrected chi connectivity index (χ2v) is 5.41. The van der Waals surface area contributed by atoms with Crippen LogP contribution < -0.4 is 10.6 Å². The third-order valence-corrected chi connectivity index (χ3v) is 3.60. The van der Waals surface area contributed by atoms with Gasteiger partial charge in [-0.25, -0.2) is 0 Å². The molecule has 1 aromatic heterocycles. The second kappa shape index (κ2) is 7.28. The van der Waals surface area contributed by atoms with E-state index in [1.807, 2.05) is 16.9 Å². The number of hydrogen-bond donors (Lipinski definition) is 2. The van der Waals surface area contributed by atoms with Crippen molar-refractivity contribution < 1.29 is 4.79 Å². The molecule has 1 unspecified atom stereocenters. The van der Waals surface area contributed by atoms with Crippen molar-refractivity contribution in [1.82, 2.24) is 20.4 Å². The van der Waals surface area contributed by atoms with Crippen molar-refractivity contribution in [3.05, 3.63) is 18.5 Å². The summed E-state index contributed by atoms with van der Waals surface area (Å²) >= 11 is 0. The summed E-state index contributed by atoms with van der Waals surface area (Å²) < 4.78 is 1.87. The van der Waals surface area contributed by atoms with E-state index in [1.54, 1.807) is 6.20 Å². The van der Waals surface area contributed by atoms with Crippen LogP contribution in [0.25, 0.3) is 0 Å². The predicted octanol–water partition coefficient (Wildman–Crippen LogP) is 1.31. The van der Waals surface area contributed by atoms with E-state index in [0.717, 1.165) is 19.4 Å². The summed E-state index contributed by atoms with van der Waals surface area (Å²) in [4.78, 5) is 11.8. The molecule has 0 spiro atoms. The zero-order valence-electron chi connectivity index (χ0n) is 11.6. The lowest BCUT2D eigenvalue weighted by Crippen LogP contribution is -2.44. The molecule has 0 bridgehead atoms. The van der Waals surface area contributed by atoms with Gasteiger partial charge in [-0.05, 0) is 25.8 Å². The molecular formula is C14H24N4O. The topological polar surface area (TPSA) is 59.0 Å². The van der Waals surface area contributed by atoms with E-state index < -0.39 is 0 Å². The van der Waals surface area contributed by atoms with Crippen molar-refractivity contribution in [2.75, 3.05) is 6.54 Å². The Morgan fingerprint density at radius 2 is 2.21 bits per heavy atom. The zero-order valence-corrected chi connectivity index (χ0v) is 11.6. The first-order chi connectivity index (χ1) is 9.24. The van der Waals surface area contributed by atoms with Crippen LogP contribution in [-0.4, -0.2) is 34.3 Å². The Morgan fingerprint density at radius 1 is 1.42 bits per heavy atom. The number of amides is 1. The molecule has 0 aromatic carbocycles. The summed E-state index contributed by atoms with van der Waals surface area (Å²) in [6.45, 7) is 3.23. The van der Waals surface area contributed by atoms with Gasteiger partial charge < -0.3 is 10.6 Å². The van der Waals surface area contributed by atoms with Gasteiger partial charge in [0.15, 0.2) is 0 Å². The molecule has 0 aliphatic heterocycles. The van der Waals surface area contributed by atoms with Crippen LogP contribution in [0.2, 0.25) is 0 Å². The minimum absolute atomic E-state index is 0.110. The van der Waals surface area contributed by atoms with E-state index in [2.05, 4.69) is 22.7 Å². The average Bonchev–Trinajstić information content (AvgIpc) is 2.90. The number of aromatic nitrogens is 2. The molecule has 1 aromatic rings. The van der Waals surface area contributed by atoms with Gasteiger partial charge in [-0.3, -0.25) is 9.48 Å². The molecule has 2 N–H and O–H groups in total. The van der Waals surface area contributed by atoms with Crippen LogP contribution in [0.3, 0.4) is 0 Å². The van der Waals surface area contributed by atoms with Crippen molar-refractivity contribution in [3.63, 3.8) is 0 Å². The van der Waals surface area contributed by atoms with E-state index >= 15 is 0 Å². The molecule has 1 fully saturated rings. The molecule has 5 nitrogen and oxygen atoms in total. The van der Waals surface area contributed by atoms with Gasteiger partial charge in [-0.2, -0.15) is 5.10 Å². The summed E-state index contributed by atoms with van der Waals surface area (Å²) in [5, 5.41) is 10.5. The molecular weight excluding hydrogens is 240 g/mol. The van der Waals surface area contributed by atoms with Crippen LogP contribution >= 0.6 is 0 Å². The molecule has 1 aliphatic carbocycles. The number of carbonyl (C=O) groups excluding carboxylic acids is 1. The van der Waals surface area contributed by atoms with Crippen molar-refractivity contribution in [2.45, 2.75) is 57.7 Å². The maximum atomic E-state index is 11.8. The summed E-state index contributed by atoms with van der Waals surface area (Å²) in [6, 6.07) is 2.53. The molecule has 0 saturated heterocycles. The third kappa shape index (κ3) is 5.03. The summed E-state index contributed by atoms with van der Waals surface area (Å²) in [5.74, 6) is 0.110. The monoisotopic (exact) mass is 264 g/mol. The van der Waals surface area contributed by atoms with Crippen molar-refractivity contribution in [3.8, 4) is 0 Å². The van der Waals surface area contributed by atoms with Crippen molar-refractivity contribution >= 4 is 5.91 Å². The molecule has 19 heavy (non-hydrogen) atoms. The van der Waals surface area contributed by atoms with Gasteiger partial charge >= 0.3 is 0 Å². The van der Waals surface area contributed by atoms with Crippen molar-refractivity contribution in [1.29, 1.82) is 0 Å². The van der Waals surface area contributed by atoms with Crippen LogP contribution in [0.15, 0.2) is 18.5 Å². The fourth-order valence-corrected chi connectivity index (χ4v) is 2.55. The van der Waals surface area contributed by atoms with E-state index in [1.165, 1.54) is 19.3 Å². The molecule has 1 aliphatic rings. The minimum Gasteiger partial charge on any atom is -0.352 e. The Hall–Kier alpha value is -1.36. The Labute approximate surface area is 114 Å². The maximum absolute atomic E-state index is 11.8. The molecule has 1 amide bonds. The zero-order chi connectivity index (χ0) is 13.5. The summed E-state index contributed by atoms with van der Waals surface area (Å²) in [6.07, 6.45) is 9.76. The lowest BCUT2D eigenvalue weighted by Gasteiger charge is -2.23. The fourth-order valence-electron chi connectivity index (χ4n) is 2.55. The van der Waals surface area contributed by atoms with E-state index in [9.17, 15) is 4.79 Å². The van der Waals surface area contributed by atoms with Gasteiger partial charge in [0.25, 0.3) is 0 Å². The van der Waals surface area contributed by atoms with E-state index in [4.69, 9.17) is 0 Å². The van der Waals surface area contributed by atoms with Gasteiger partial charge in [-0.1, -0.05) is 19.3 Å². The lowest BCUT2D eigenvalue weighted by molar-refractivity contribution is -0.121.